The number of hydrogen-bond acceptors (Lipinski definition) is 4. The van der Waals surface area contributed by atoms with Crippen molar-refractivity contribution in [1.82, 2.24) is 5.32 Å². The molecule has 0 saturated carbocycles. The van der Waals surface area contributed by atoms with Gasteiger partial charge in [-0.3, -0.25) is 9.59 Å². The first-order valence-corrected chi connectivity index (χ1v) is 7.47. The lowest BCUT2D eigenvalue weighted by Gasteiger charge is -2.08. The van der Waals surface area contributed by atoms with E-state index in [1.54, 1.807) is 7.11 Å². The number of aryl methyl sites for hydroxylation is 1. The van der Waals surface area contributed by atoms with Crippen LogP contribution in [0.4, 0.5) is 0 Å². The van der Waals surface area contributed by atoms with Crippen LogP contribution in [0.5, 0.6) is 5.75 Å². The van der Waals surface area contributed by atoms with E-state index < -0.39 is 5.97 Å². The Hall–Kier alpha value is -1.69. The Kier molecular flexibility index (Phi) is 7.57. The molecule has 0 heterocycles. The number of benzene rings is 1. The van der Waals surface area contributed by atoms with Crippen LogP contribution in [0.15, 0.2) is 24.3 Å². The molecule has 0 aliphatic heterocycles. The highest BCUT2D eigenvalue weighted by Crippen LogP contribution is 2.18. The topological polar surface area (TPSA) is 75.6 Å². The SMILES string of the molecule is COc1ccccc1CCC(=O)NCCSCC(=O)O. The number of hydrogen-bond donors (Lipinski definition) is 2. The van der Waals surface area contributed by atoms with Gasteiger partial charge in [-0.25, -0.2) is 0 Å². The van der Waals surface area contributed by atoms with Crippen molar-refractivity contribution >= 4 is 23.6 Å². The second-order valence-electron chi connectivity index (χ2n) is 4.11. The first-order valence-electron chi connectivity index (χ1n) is 6.31. The molecule has 0 unspecified atom stereocenters. The summed E-state index contributed by atoms with van der Waals surface area (Å²) in [6.07, 6.45) is 1.02. The average molecular weight is 297 g/mol. The number of thioether (sulfide) groups is 1. The Labute approximate surface area is 122 Å². The van der Waals surface area contributed by atoms with Gasteiger partial charge in [0, 0.05) is 18.7 Å². The number of carbonyl (C=O) groups is 2. The van der Waals surface area contributed by atoms with Gasteiger partial charge in [0.25, 0.3) is 0 Å². The summed E-state index contributed by atoms with van der Waals surface area (Å²) in [4.78, 5) is 21.9. The minimum Gasteiger partial charge on any atom is -0.496 e. The smallest absolute Gasteiger partial charge is 0.313 e. The Morgan fingerprint density at radius 1 is 1.35 bits per heavy atom. The summed E-state index contributed by atoms with van der Waals surface area (Å²) in [6.45, 7) is 0.489. The summed E-state index contributed by atoms with van der Waals surface area (Å²) in [6, 6.07) is 7.62. The van der Waals surface area contributed by atoms with Crippen molar-refractivity contribution in [3.63, 3.8) is 0 Å². The van der Waals surface area contributed by atoms with E-state index >= 15 is 0 Å². The molecule has 110 valence electrons. The first kappa shape index (κ1) is 16.4. The first-order chi connectivity index (χ1) is 9.63. The van der Waals surface area contributed by atoms with Gasteiger partial charge in [0.15, 0.2) is 0 Å². The van der Waals surface area contributed by atoms with Gasteiger partial charge in [0.2, 0.25) is 5.91 Å². The summed E-state index contributed by atoms with van der Waals surface area (Å²) >= 11 is 1.29. The van der Waals surface area contributed by atoms with Gasteiger partial charge in [-0.05, 0) is 18.1 Å². The number of aliphatic carboxylic acids is 1. The third-order valence-electron chi connectivity index (χ3n) is 2.61. The number of rotatable bonds is 9. The fourth-order valence-electron chi connectivity index (χ4n) is 1.67. The molecule has 0 aromatic heterocycles. The molecule has 0 fully saturated rings. The molecule has 0 saturated heterocycles. The molecule has 0 atom stereocenters. The highest BCUT2D eigenvalue weighted by molar-refractivity contribution is 7.99. The summed E-state index contributed by atoms with van der Waals surface area (Å²) in [7, 11) is 1.61. The molecule has 0 aliphatic carbocycles. The molecular weight excluding hydrogens is 278 g/mol. The molecule has 2 N–H and O–H groups in total. The number of methoxy groups -OCH3 is 1. The molecule has 5 nitrogen and oxygen atoms in total. The maximum absolute atomic E-state index is 11.6. The van der Waals surface area contributed by atoms with E-state index in [4.69, 9.17) is 9.84 Å². The van der Waals surface area contributed by atoms with Crippen molar-refractivity contribution in [2.45, 2.75) is 12.8 Å². The number of carbonyl (C=O) groups excluding carboxylic acids is 1. The number of carboxylic acid groups (broad SMARTS) is 1. The van der Waals surface area contributed by atoms with Crippen molar-refractivity contribution in [2.75, 3.05) is 25.2 Å². The fraction of sp³-hybridized carbons (Fsp3) is 0.429. The van der Waals surface area contributed by atoms with Crippen molar-refractivity contribution in [3.8, 4) is 5.75 Å². The Morgan fingerprint density at radius 3 is 2.80 bits per heavy atom. The van der Waals surface area contributed by atoms with Crippen molar-refractivity contribution in [3.05, 3.63) is 29.8 Å². The molecule has 0 radical (unpaired) electrons. The fourth-order valence-corrected chi connectivity index (χ4v) is 2.23. The van der Waals surface area contributed by atoms with E-state index in [-0.39, 0.29) is 11.7 Å². The van der Waals surface area contributed by atoms with Crippen LogP contribution in [0.1, 0.15) is 12.0 Å². The van der Waals surface area contributed by atoms with Crippen molar-refractivity contribution in [1.29, 1.82) is 0 Å². The molecule has 0 spiro atoms. The van der Waals surface area contributed by atoms with Crippen LogP contribution in [0.2, 0.25) is 0 Å². The second kappa shape index (κ2) is 9.25. The third-order valence-corrected chi connectivity index (χ3v) is 3.55. The molecule has 0 aliphatic rings. The van der Waals surface area contributed by atoms with Gasteiger partial charge in [0.05, 0.1) is 12.9 Å². The number of nitrogens with one attached hydrogen (secondary N) is 1. The van der Waals surface area contributed by atoms with E-state index in [2.05, 4.69) is 5.32 Å². The molecule has 6 heteroatoms. The molecule has 1 rings (SSSR count). The molecular formula is C14H19NO4S. The van der Waals surface area contributed by atoms with Crippen molar-refractivity contribution < 1.29 is 19.4 Å². The minimum atomic E-state index is -0.836. The zero-order valence-electron chi connectivity index (χ0n) is 11.4. The van der Waals surface area contributed by atoms with Gasteiger partial charge < -0.3 is 15.2 Å². The van der Waals surface area contributed by atoms with Gasteiger partial charge in [0.1, 0.15) is 5.75 Å². The normalized spacial score (nSPS) is 10.1. The quantitative estimate of drug-likeness (QED) is 0.677. The second-order valence-corrected chi connectivity index (χ2v) is 5.21. The van der Waals surface area contributed by atoms with E-state index in [1.165, 1.54) is 11.8 Å². The van der Waals surface area contributed by atoms with E-state index in [1.807, 2.05) is 24.3 Å². The molecule has 1 aromatic carbocycles. The van der Waals surface area contributed by atoms with E-state index in [9.17, 15) is 9.59 Å². The van der Waals surface area contributed by atoms with Crippen molar-refractivity contribution in [2.24, 2.45) is 0 Å². The lowest BCUT2D eigenvalue weighted by atomic mass is 10.1. The molecule has 0 bridgehead atoms. The molecule has 1 amide bonds. The third kappa shape index (κ3) is 6.47. The number of carboxylic acids is 1. The van der Waals surface area contributed by atoms with Crippen LogP contribution in [-0.4, -0.2) is 42.1 Å². The lowest BCUT2D eigenvalue weighted by Crippen LogP contribution is -2.26. The highest BCUT2D eigenvalue weighted by atomic mass is 32.2. The van der Waals surface area contributed by atoms with E-state index in [0.717, 1.165) is 11.3 Å². The maximum atomic E-state index is 11.6. The number of amides is 1. The van der Waals surface area contributed by atoms with E-state index in [0.29, 0.717) is 25.1 Å². The number of para-hydroxylation sites is 1. The predicted octanol–water partition coefficient (Wildman–Crippen LogP) is 1.56. The van der Waals surface area contributed by atoms with Gasteiger partial charge in [-0.15, -0.1) is 11.8 Å². The average Bonchev–Trinajstić information content (AvgIpc) is 2.44. The summed E-state index contributed by atoms with van der Waals surface area (Å²) in [5.41, 5.74) is 1.01. The summed E-state index contributed by atoms with van der Waals surface area (Å²) < 4.78 is 5.22. The van der Waals surface area contributed by atoms with Crippen LogP contribution < -0.4 is 10.1 Å². The lowest BCUT2D eigenvalue weighted by molar-refractivity contribution is -0.133. The van der Waals surface area contributed by atoms with Crippen LogP contribution in [0.25, 0.3) is 0 Å². The van der Waals surface area contributed by atoms with Gasteiger partial charge >= 0.3 is 5.97 Å². The van der Waals surface area contributed by atoms with Crippen LogP contribution in [0.3, 0.4) is 0 Å². The number of ether oxygens (including phenoxy) is 1. The Morgan fingerprint density at radius 2 is 2.10 bits per heavy atom. The summed E-state index contributed by atoms with van der Waals surface area (Å²) in [5.74, 6) is 0.589. The standard InChI is InChI=1S/C14H19NO4S/c1-19-12-5-3-2-4-11(12)6-7-13(16)15-8-9-20-10-14(17)18/h2-5H,6-10H2,1H3,(H,15,16)(H,17,18). The van der Waals surface area contributed by atoms with Crippen LogP contribution in [0, 0.1) is 0 Å². The highest BCUT2D eigenvalue weighted by Gasteiger charge is 2.06. The minimum absolute atomic E-state index is 0.0353. The summed E-state index contributed by atoms with van der Waals surface area (Å²) in [5, 5.41) is 11.2. The predicted molar refractivity (Wildman–Crippen MR) is 79.3 cm³/mol. The Balaban J connectivity index is 2.21. The molecule has 20 heavy (non-hydrogen) atoms. The molecule has 1 aromatic rings. The maximum Gasteiger partial charge on any atom is 0.313 e. The zero-order valence-corrected chi connectivity index (χ0v) is 12.2. The monoisotopic (exact) mass is 297 g/mol. The van der Waals surface area contributed by atoms with Crippen LogP contribution >= 0.6 is 11.8 Å². The Bertz CT molecular complexity index is 451. The van der Waals surface area contributed by atoms with Crippen LogP contribution in [-0.2, 0) is 16.0 Å². The van der Waals surface area contributed by atoms with Gasteiger partial charge in [-0.1, -0.05) is 18.2 Å². The van der Waals surface area contributed by atoms with Gasteiger partial charge in [-0.2, -0.15) is 0 Å². The largest absolute Gasteiger partial charge is 0.496 e. The zero-order chi connectivity index (χ0) is 14.8.